The molecule has 0 saturated carbocycles. The van der Waals surface area contributed by atoms with Crippen molar-refractivity contribution < 1.29 is 18.7 Å². The van der Waals surface area contributed by atoms with Crippen LogP contribution in [0.3, 0.4) is 0 Å². The summed E-state index contributed by atoms with van der Waals surface area (Å²) in [4.78, 5) is 28.6. The van der Waals surface area contributed by atoms with Crippen molar-refractivity contribution in [2.45, 2.75) is 13.0 Å². The van der Waals surface area contributed by atoms with Crippen molar-refractivity contribution >= 4 is 40.5 Å². The molecular weight excluding hydrogens is 391 g/mol. The minimum Gasteiger partial charge on any atom is -0.448 e. The summed E-state index contributed by atoms with van der Waals surface area (Å²) in [5, 5.41) is 5.19. The van der Waals surface area contributed by atoms with E-state index < -0.39 is 18.0 Å². The number of carbonyl (C=O) groups is 2. The van der Waals surface area contributed by atoms with Gasteiger partial charge in [0, 0.05) is 21.7 Å². The summed E-state index contributed by atoms with van der Waals surface area (Å²) >= 11 is 7.10. The van der Waals surface area contributed by atoms with Crippen LogP contribution in [-0.2, 0) is 9.53 Å². The number of ether oxygens (including phenoxy) is 1. The third-order valence-electron chi connectivity index (χ3n) is 3.55. The van der Waals surface area contributed by atoms with E-state index in [0.29, 0.717) is 21.3 Å². The molecule has 0 aliphatic carbocycles. The first-order chi connectivity index (χ1) is 12.9. The Morgan fingerprint density at radius 1 is 1.22 bits per heavy atom. The molecule has 3 aromatic rings. The average molecular weight is 405 g/mol. The fourth-order valence-electron chi connectivity index (χ4n) is 2.18. The Labute approximate surface area is 163 Å². The lowest BCUT2D eigenvalue weighted by atomic mass is 10.2. The van der Waals surface area contributed by atoms with Gasteiger partial charge in [-0.25, -0.2) is 14.2 Å². The van der Waals surface area contributed by atoms with Gasteiger partial charge < -0.3 is 10.1 Å². The number of aromatic nitrogens is 1. The monoisotopic (exact) mass is 404 g/mol. The van der Waals surface area contributed by atoms with Crippen molar-refractivity contribution in [3.8, 4) is 10.6 Å². The fourth-order valence-corrected chi connectivity index (χ4v) is 3.16. The van der Waals surface area contributed by atoms with Crippen LogP contribution in [0.25, 0.3) is 10.6 Å². The van der Waals surface area contributed by atoms with Crippen LogP contribution in [0, 0.1) is 5.82 Å². The molecule has 1 aromatic heterocycles. The highest BCUT2D eigenvalue weighted by molar-refractivity contribution is 7.13. The Morgan fingerprint density at radius 3 is 2.67 bits per heavy atom. The molecular formula is C19H14ClFN2O3S. The molecule has 0 aliphatic rings. The maximum atomic E-state index is 13.0. The van der Waals surface area contributed by atoms with E-state index in [4.69, 9.17) is 16.3 Å². The molecule has 8 heteroatoms. The normalized spacial score (nSPS) is 11.7. The van der Waals surface area contributed by atoms with E-state index in [1.54, 1.807) is 36.4 Å². The number of amides is 1. The van der Waals surface area contributed by atoms with Gasteiger partial charge in [-0.1, -0.05) is 17.7 Å². The molecule has 0 unspecified atom stereocenters. The lowest BCUT2D eigenvalue weighted by Crippen LogP contribution is -2.30. The van der Waals surface area contributed by atoms with Crippen LogP contribution >= 0.6 is 22.9 Å². The Kier molecular flexibility index (Phi) is 5.83. The number of benzene rings is 2. The Balaban J connectivity index is 1.62. The Hall–Kier alpha value is -2.77. The quantitative estimate of drug-likeness (QED) is 0.621. The van der Waals surface area contributed by atoms with Crippen LogP contribution in [0.5, 0.6) is 0 Å². The van der Waals surface area contributed by atoms with Gasteiger partial charge in [0.2, 0.25) is 0 Å². The highest BCUT2D eigenvalue weighted by atomic mass is 35.5. The van der Waals surface area contributed by atoms with Gasteiger partial charge in [0.15, 0.2) is 11.8 Å². The van der Waals surface area contributed by atoms with E-state index >= 15 is 0 Å². The standard InChI is InChI=1S/C19H14ClFN2O3S/c1-11(17(24)22-15-4-2-3-13(20)9-15)26-19(25)16-10-27-18(23-16)12-5-7-14(21)8-6-12/h2-11H,1H3,(H,22,24)/t11-/m0/s1. The van der Waals surface area contributed by atoms with Crippen molar-refractivity contribution in [3.05, 3.63) is 70.4 Å². The highest BCUT2D eigenvalue weighted by Gasteiger charge is 2.21. The van der Waals surface area contributed by atoms with Crippen LogP contribution in [-0.4, -0.2) is 23.0 Å². The molecule has 3 rings (SSSR count). The van der Waals surface area contributed by atoms with Gasteiger partial charge in [0.25, 0.3) is 5.91 Å². The minimum atomic E-state index is -1.02. The summed E-state index contributed by atoms with van der Waals surface area (Å²) in [6.07, 6.45) is -1.02. The molecule has 138 valence electrons. The summed E-state index contributed by atoms with van der Waals surface area (Å²) in [6.45, 7) is 1.46. The van der Waals surface area contributed by atoms with Crippen molar-refractivity contribution in [2.75, 3.05) is 5.32 Å². The van der Waals surface area contributed by atoms with E-state index in [0.717, 1.165) is 0 Å². The first-order valence-corrected chi connectivity index (χ1v) is 9.17. The van der Waals surface area contributed by atoms with E-state index in [1.165, 1.54) is 35.8 Å². The smallest absolute Gasteiger partial charge is 0.358 e. The number of anilines is 1. The Bertz CT molecular complexity index is 975. The number of hydrogen-bond donors (Lipinski definition) is 1. The zero-order valence-electron chi connectivity index (χ0n) is 14.1. The number of thiazole rings is 1. The van der Waals surface area contributed by atoms with Gasteiger partial charge in [-0.15, -0.1) is 11.3 Å². The number of halogens is 2. The van der Waals surface area contributed by atoms with E-state index in [-0.39, 0.29) is 11.5 Å². The first kappa shape index (κ1) is 19.0. The summed E-state index contributed by atoms with van der Waals surface area (Å²) < 4.78 is 18.2. The van der Waals surface area contributed by atoms with Crippen molar-refractivity contribution in [2.24, 2.45) is 0 Å². The number of nitrogens with one attached hydrogen (secondary N) is 1. The number of hydrogen-bond acceptors (Lipinski definition) is 5. The van der Waals surface area contributed by atoms with Crippen LogP contribution in [0.2, 0.25) is 5.02 Å². The number of carbonyl (C=O) groups excluding carboxylic acids is 2. The van der Waals surface area contributed by atoms with Crippen LogP contribution in [0.4, 0.5) is 10.1 Å². The molecule has 2 aromatic carbocycles. The lowest BCUT2D eigenvalue weighted by Gasteiger charge is -2.12. The van der Waals surface area contributed by atoms with Crippen LogP contribution in [0.15, 0.2) is 53.9 Å². The van der Waals surface area contributed by atoms with Gasteiger partial charge in [0.05, 0.1) is 0 Å². The molecule has 0 spiro atoms. The maximum absolute atomic E-state index is 13.0. The third kappa shape index (κ3) is 4.90. The highest BCUT2D eigenvalue weighted by Crippen LogP contribution is 2.24. The number of nitrogens with zero attached hydrogens (tertiary/aromatic N) is 1. The molecule has 1 N–H and O–H groups in total. The largest absolute Gasteiger partial charge is 0.448 e. The molecule has 0 saturated heterocycles. The van der Waals surface area contributed by atoms with E-state index in [2.05, 4.69) is 10.3 Å². The SMILES string of the molecule is C[C@H](OC(=O)c1csc(-c2ccc(F)cc2)n1)C(=O)Nc1cccc(Cl)c1. The number of rotatable bonds is 5. The van der Waals surface area contributed by atoms with Gasteiger partial charge >= 0.3 is 5.97 Å². The fraction of sp³-hybridized carbons (Fsp3) is 0.105. The lowest BCUT2D eigenvalue weighted by molar-refractivity contribution is -0.123. The maximum Gasteiger partial charge on any atom is 0.358 e. The van der Waals surface area contributed by atoms with Crippen molar-refractivity contribution in [1.29, 1.82) is 0 Å². The predicted molar refractivity (Wildman–Crippen MR) is 102 cm³/mol. The molecule has 1 heterocycles. The second-order valence-electron chi connectivity index (χ2n) is 5.59. The summed E-state index contributed by atoms with van der Waals surface area (Å²) in [5.41, 5.74) is 1.27. The zero-order valence-corrected chi connectivity index (χ0v) is 15.7. The summed E-state index contributed by atoms with van der Waals surface area (Å²) in [7, 11) is 0. The zero-order chi connectivity index (χ0) is 19.4. The first-order valence-electron chi connectivity index (χ1n) is 7.91. The van der Waals surface area contributed by atoms with E-state index in [9.17, 15) is 14.0 Å². The summed E-state index contributed by atoms with van der Waals surface area (Å²) in [6, 6.07) is 12.4. The second kappa shape index (κ2) is 8.28. The van der Waals surface area contributed by atoms with Crippen LogP contribution in [0.1, 0.15) is 17.4 Å². The van der Waals surface area contributed by atoms with Gasteiger partial charge in [0.1, 0.15) is 10.8 Å². The second-order valence-corrected chi connectivity index (χ2v) is 6.89. The van der Waals surface area contributed by atoms with Crippen molar-refractivity contribution in [3.63, 3.8) is 0 Å². The molecule has 27 heavy (non-hydrogen) atoms. The molecule has 5 nitrogen and oxygen atoms in total. The molecule has 0 radical (unpaired) electrons. The molecule has 1 amide bonds. The summed E-state index contributed by atoms with van der Waals surface area (Å²) in [5.74, 6) is -1.55. The minimum absolute atomic E-state index is 0.0849. The average Bonchev–Trinajstić information content (AvgIpc) is 3.12. The van der Waals surface area contributed by atoms with Gasteiger partial charge in [-0.3, -0.25) is 4.79 Å². The molecule has 1 atom stereocenters. The molecule has 0 fully saturated rings. The number of esters is 1. The molecule has 0 aliphatic heterocycles. The van der Waals surface area contributed by atoms with Gasteiger partial charge in [-0.2, -0.15) is 0 Å². The van der Waals surface area contributed by atoms with Crippen molar-refractivity contribution in [1.82, 2.24) is 4.98 Å². The van der Waals surface area contributed by atoms with Gasteiger partial charge in [-0.05, 0) is 49.4 Å². The van der Waals surface area contributed by atoms with Crippen LogP contribution < -0.4 is 5.32 Å². The predicted octanol–water partition coefficient (Wildman–Crippen LogP) is 4.79. The third-order valence-corrected chi connectivity index (χ3v) is 4.68. The van der Waals surface area contributed by atoms with E-state index in [1.807, 2.05) is 0 Å². The topological polar surface area (TPSA) is 68.3 Å². The Morgan fingerprint density at radius 2 is 1.96 bits per heavy atom. The molecule has 0 bridgehead atoms.